The first kappa shape index (κ1) is 13.9. The van der Waals surface area contributed by atoms with E-state index >= 15 is 0 Å². The van der Waals surface area contributed by atoms with Gasteiger partial charge in [0.2, 0.25) is 10.0 Å². The predicted molar refractivity (Wildman–Crippen MR) is 73.6 cm³/mol. The molecular formula is C12H11N3O4S. The Balaban J connectivity index is 2.16. The van der Waals surface area contributed by atoms with Crippen molar-refractivity contribution in [2.75, 3.05) is 4.72 Å². The van der Waals surface area contributed by atoms with Crippen molar-refractivity contribution in [2.45, 2.75) is 5.75 Å². The van der Waals surface area contributed by atoms with E-state index in [1.54, 1.807) is 12.1 Å². The Bertz CT molecular complexity index is 716. The number of non-ortho nitro benzene ring substituents is 1. The van der Waals surface area contributed by atoms with Crippen LogP contribution in [0.2, 0.25) is 0 Å². The molecule has 0 atom stereocenters. The first-order chi connectivity index (χ1) is 9.46. The van der Waals surface area contributed by atoms with Gasteiger partial charge in [-0.25, -0.2) is 8.42 Å². The fraction of sp³-hybridized carbons (Fsp3) is 0.0833. The van der Waals surface area contributed by atoms with Gasteiger partial charge in [0.05, 0.1) is 22.6 Å². The predicted octanol–water partition coefficient (Wildman–Crippen LogP) is 1.93. The van der Waals surface area contributed by atoms with Gasteiger partial charge >= 0.3 is 0 Å². The molecule has 1 aromatic carbocycles. The summed E-state index contributed by atoms with van der Waals surface area (Å²) in [6.45, 7) is 0. The molecule has 0 aliphatic heterocycles. The van der Waals surface area contributed by atoms with Crippen LogP contribution >= 0.6 is 0 Å². The molecule has 104 valence electrons. The van der Waals surface area contributed by atoms with Crippen LogP contribution < -0.4 is 4.72 Å². The van der Waals surface area contributed by atoms with E-state index < -0.39 is 14.9 Å². The monoisotopic (exact) mass is 293 g/mol. The maximum Gasteiger partial charge on any atom is 0.269 e. The smallest absolute Gasteiger partial charge is 0.269 e. The highest BCUT2D eigenvalue weighted by molar-refractivity contribution is 7.91. The Morgan fingerprint density at radius 1 is 1.25 bits per heavy atom. The molecule has 0 unspecified atom stereocenters. The molecule has 2 aromatic rings. The summed E-state index contributed by atoms with van der Waals surface area (Å²) >= 11 is 0. The van der Waals surface area contributed by atoms with Gasteiger partial charge in [0.25, 0.3) is 5.69 Å². The molecule has 0 radical (unpaired) electrons. The Morgan fingerprint density at radius 2 is 2.05 bits per heavy atom. The van der Waals surface area contributed by atoms with Gasteiger partial charge in [-0.1, -0.05) is 12.1 Å². The van der Waals surface area contributed by atoms with E-state index in [9.17, 15) is 18.5 Å². The van der Waals surface area contributed by atoms with E-state index in [0.717, 1.165) is 0 Å². The second kappa shape index (κ2) is 5.66. The molecule has 0 aliphatic carbocycles. The zero-order valence-electron chi connectivity index (χ0n) is 10.3. The van der Waals surface area contributed by atoms with Gasteiger partial charge < -0.3 is 0 Å². The minimum Gasteiger partial charge on any atom is -0.282 e. The molecule has 0 saturated heterocycles. The minimum atomic E-state index is -3.64. The molecule has 8 heteroatoms. The number of hydrogen-bond acceptors (Lipinski definition) is 5. The highest BCUT2D eigenvalue weighted by Gasteiger charge is 2.14. The number of benzene rings is 1. The van der Waals surface area contributed by atoms with Crippen LogP contribution in [0.25, 0.3) is 0 Å². The summed E-state index contributed by atoms with van der Waals surface area (Å²) in [5.74, 6) is -0.344. The molecule has 20 heavy (non-hydrogen) atoms. The maximum atomic E-state index is 11.9. The van der Waals surface area contributed by atoms with Gasteiger partial charge in [-0.05, 0) is 17.7 Å². The number of aromatic nitrogens is 1. The summed E-state index contributed by atoms with van der Waals surface area (Å²) in [5.41, 5.74) is 0.549. The van der Waals surface area contributed by atoms with Crippen molar-refractivity contribution in [2.24, 2.45) is 0 Å². The fourth-order valence-corrected chi connectivity index (χ4v) is 2.79. The molecule has 1 heterocycles. The van der Waals surface area contributed by atoms with Crippen molar-refractivity contribution in [3.63, 3.8) is 0 Å². The normalized spacial score (nSPS) is 11.0. The number of rotatable bonds is 5. The third-order valence-electron chi connectivity index (χ3n) is 2.41. The lowest BCUT2D eigenvalue weighted by Crippen LogP contribution is -2.15. The van der Waals surface area contributed by atoms with Gasteiger partial charge in [0, 0.05) is 18.3 Å². The SMILES string of the molecule is O=[N+]([O-])c1cccc(CS(=O)(=O)Nc2cccnc2)c1. The quantitative estimate of drug-likeness (QED) is 0.670. The largest absolute Gasteiger partial charge is 0.282 e. The van der Waals surface area contributed by atoms with Crippen molar-refractivity contribution >= 4 is 21.4 Å². The zero-order chi connectivity index (χ0) is 14.6. The highest BCUT2D eigenvalue weighted by atomic mass is 32.2. The first-order valence-electron chi connectivity index (χ1n) is 5.60. The van der Waals surface area contributed by atoms with Crippen molar-refractivity contribution < 1.29 is 13.3 Å². The van der Waals surface area contributed by atoms with Crippen LogP contribution in [0.5, 0.6) is 0 Å². The number of sulfonamides is 1. The average Bonchev–Trinajstić information content (AvgIpc) is 2.39. The molecule has 1 aromatic heterocycles. The third-order valence-corrected chi connectivity index (χ3v) is 3.67. The van der Waals surface area contributed by atoms with E-state index in [2.05, 4.69) is 9.71 Å². The summed E-state index contributed by atoms with van der Waals surface area (Å²) in [5, 5.41) is 10.6. The molecule has 0 spiro atoms. The zero-order valence-corrected chi connectivity index (χ0v) is 11.1. The lowest BCUT2D eigenvalue weighted by atomic mass is 10.2. The lowest BCUT2D eigenvalue weighted by Gasteiger charge is -2.07. The van der Waals surface area contributed by atoms with Gasteiger partial charge in [0.1, 0.15) is 0 Å². The van der Waals surface area contributed by atoms with Crippen LogP contribution in [0, 0.1) is 10.1 Å². The summed E-state index contributed by atoms with van der Waals surface area (Å²) < 4.78 is 26.2. The van der Waals surface area contributed by atoms with Crippen LogP contribution in [0.3, 0.4) is 0 Å². The molecule has 0 bridgehead atoms. The van der Waals surface area contributed by atoms with Crippen molar-refractivity contribution in [1.82, 2.24) is 4.98 Å². The van der Waals surface area contributed by atoms with Crippen LogP contribution in [-0.2, 0) is 15.8 Å². The number of pyridine rings is 1. The average molecular weight is 293 g/mol. The number of anilines is 1. The van der Waals surface area contributed by atoms with E-state index in [4.69, 9.17) is 0 Å². The Hall–Kier alpha value is -2.48. The molecule has 0 aliphatic rings. The van der Waals surface area contributed by atoms with Gasteiger partial charge in [0.15, 0.2) is 0 Å². The van der Waals surface area contributed by atoms with E-state index in [-0.39, 0.29) is 11.4 Å². The molecule has 1 N–H and O–H groups in total. The van der Waals surface area contributed by atoms with Gasteiger partial charge in [-0.2, -0.15) is 0 Å². The minimum absolute atomic E-state index is 0.140. The molecule has 2 rings (SSSR count). The number of hydrogen-bond donors (Lipinski definition) is 1. The standard InChI is InChI=1S/C12H11N3O4S/c16-15(17)12-5-1-3-10(7-12)9-20(18,19)14-11-4-2-6-13-8-11/h1-8,14H,9H2. The molecule has 0 saturated carbocycles. The number of nitrogens with zero attached hydrogens (tertiary/aromatic N) is 2. The van der Waals surface area contributed by atoms with E-state index in [0.29, 0.717) is 11.3 Å². The van der Waals surface area contributed by atoms with E-state index in [1.165, 1.54) is 36.7 Å². The summed E-state index contributed by atoms with van der Waals surface area (Å²) in [6, 6.07) is 8.69. The highest BCUT2D eigenvalue weighted by Crippen LogP contribution is 2.16. The lowest BCUT2D eigenvalue weighted by molar-refractivity contribution is -0.384. The number of nitro groups is 1. The second-order valence-electron chi connectivity index (χ2n) is 4.03. The van der Waals surface area contributed by atoms with Crippen LogP contribution in [0.15, 0.2) is 48.8 Å². The van der Waals surface area contributed by atoms with Crippen molar-refractivity contribution in [1.29, 1.82) is 0 Å². The van der Waals surface area contributed by atoms with Crippen LogP contribution in [-0.4, -0.2) is 18.3 Å². The molecule has 7 nitrogen and oxygen atoms in total. The summed E-state index contributed by atoms with van der Waals surface area (Å²) in [4.78, 5) is 13.9. The Labute approximate surface area is 115 Å². The van der Waals surface area contributed by atoms with Crippen molar-refractivity contribution in [3.8, 4) is 0 Å². The van der Waals surface area contributed by atoms with Gasteiger partial charge in [-0.3, -0.25) is 19.8 Å². The molecular weight excluding hydrogens is 282 g/mol. The first-order valence-corrected chi connectivity index (χ1v) is 7.25. The number of nitrogens with one attached hydrogen (secondary N) is 1. The van der Waals surface area contributed by atoms with Crippen LogP contribution in [0.1, 0.15) is 5.56 Å². The Kier molecular flexibility index (Phi) is 3.94. The topological polar surface area (TPSA) is 102 Å². The van der Waals surface area contributed by atoms with E-state index in [1.807, 2.05) is 0 Å². The summed E-state index contributed by atoms with van der Waals surface area (Å²) in [7, 11) is -3.64. The summed E-state index contributed by atoms with van der Waals surface area (Å²) in [6.07, 6.45) is 2.91. The fourth-order valence-electron chi connectivity index (χ4n) is 1.62. The third kappa shape index (κ3) is 3.75. The second-order valence-corrected chi connectivity index (χ2v) is 5.75. The van der Waals surface area contributed by atoms with Gasteiger partial charge in [-0.15, -0.1) is 0 Å². The molecule has 0 fully saturated rings. The molecule has 0 amide bonds. The maximum absolute atomic E-state index is 11.9. The van der Waals surface area contributed by atoms with Crippen molar-refractivity contribution in [3.05, 3.63) is 64.5 Å². The Morgan fingerprint density at radius 3 is 2.70 bits per heavy atom. The van der Waals surface area contributed by atoms with Crippen LogP contribution in [0.4, 0.5) is 11.4 Å². The number of nitro benzene ring substituents is 1.